The second-order valence-corrected chi connectivity index (χ2v) is 8.61. The van der Waals surface area contributed by atoms with Crippen LogP contribution in [-0.2, 0) is 9.84 Å². The molecule has 0 bridgehead atoms. The van der Waals surface area contributed by atoms with Gasteiger partial charge in [-0.25, -0.2) is 12.8 Å². The van der Waals surface area contributed by atoms with Crippen LogP contribution >= 0.6 is 12.2 Å². The highest BCUT2D eigenvalue weighted by Gasteiger charge is 2.33. The number of likely N-dealkylation sites (N-methyl/N-ethyl adjacent to an activating group) is 1. The molecule has 23 heavy (non-hydrogen) atoms. The Morgan fingerprint density at radius 3 is 2.48 bits per heavy atom. The zero-order chi connectivity index (χ0) is 17.0. The second kappa shape index (κ2) is 7.55. The molecule has 1 fully saturated rings. The summed E-state index contributed by atoms with van der Waals surface area (Å²) in [6, 6.07) is 5.82. The Labute approximate surface area is 142 Å². The van der Waals surface area contributed by atoms with E-state index >= 15 is 0 Å². The van der Waals surface area contributed by atoms with Crippen LogP contribution in [0.15, 0.2) is 24.3 Å². The van der Waals surface area contributed by atoms with Gasteiger partial charge in [0.2, 0.25) is 0 Å². The molecule has 5 nitrogen and oxygen atoms in total. The van der Waals surface area contributed by atoms with E-state index in [2.05, 4.69) is 5.32 Å². The highest BCUT2D eigenvalue weighted by Crippen LogP contribution is 2.19. The number of hydrogen-bond donors (Lipinski definition) is 1. The van der Waals surface area contributed by atoms with Crippen molar-refractivity contribution in [1.29, 1.82) is 0 Å². The van der Waals surface area contributed by atoms with E-state index in [1.807, 2.05) is 23.9 Å². The molecule has 0 unspecified atom stereocenters. The lowest BCUT2D eigenvalue weighted by Crippen LogP contribution is -2.46. The Morgan fingerprint density at radius 1 is 1.30 bits per heavy atom. The number of halogens is 1. The molecule has 0 aromatic heterocycles. The zero-order valence-electron chi connectivity index (χ0n) is 13.3. The standard InChI is InChI=1S/C15H22FN3O2S2/c1-18(2)8-9-19(14-7-10-23(20,21)11-14)15(22)17-13-5-3-12(16)4-6-13/h3-6,14H,7-11H2,1-2H3,(H,17,22)/t14-/m0/s1. The van der Waals surface area contributed by atoms with Crippen molar-refractivity contribution >= 4 is 32.9 Å². The van der Waals surface area contributed by atoms with Gasteiger partial charge in [0.15, 0.2) is 14.9 Å². The normalized spacial score (nSPS) is 19.7. The molecule has 1 aromatic rings. The Bertz CT molecular complexity index is 647. The van der Waals surface area contributed by atoms with Gasteiger partial charge in [0.25, 0.3) is 0 Å². The van der Waals surface area contributed by atoms with E-state index in [-0.39, 0.29) is 23.4 Å². The fraction of sp³-hybridized carbons (Fsp3) is 0.533. The lowest BCUT2D eigenvalue weighted by Gasteiger charge is -2.32. The first-order valence-corrected chi connectivity index (χ1v) is 9.68. The maximum absolute atomic E-state index is 13.0. The van der Waals surface area contributed by atoms with Crippen LogP contribution in [0.1, 0.15) is 6.42 Å². The molecule has 128 valence electrons. The number of hydrogen-bond acceptors (Lipinski definition) is 4. The molecule has 1 heterocycles. The lowest BCUT2D eigenvalue weighted by atomic mass is 10.2. The van der Waals surface area contributed by atoms with E-state index in [4.69, 9.17) is 12.2 Å². The molecular weight excluding hydrogens is 337 g/mol. The van der Waals surface area contributed by atoms with E-state index < -0.39 is 9.84 Å². The van der Waals surface area contributed by atoms with Crippen LogP contribution in [-0.4, -0.2) is 68.1 Å². The summed E-state index contributed by atoms with van der Waals surface area (Å²) in [5.74, 6) is 0.0221. The minimum Gasteiger partial charge on any atom is -0.344 e. The Morgan fingerprint density at radius 2 is 1.96 bits per heavy atom. The van der Waals surface area contributed by atoms with Gasteiger partial charge < -0.3 is 15.1 Å². The molecule has 8 heteroatoms. The van der Waals surface area contributed by atoms with Crippen LogP contribution < -0.4 is 5.32 Å². The number of benzene rings is 1. The summed E-state index contributed by atoms with van der Waals surface area (Å²) in [6.45, 7) is 1.40. The van der Waals surface area contributed by atoms with Crippen molar-refractivity contribution in [2.24, 2.45) is 0 Å². The van der Waals surface area contributed by atoms with Crippen LogP contribution in [0.2, 0.25) is 0 Å². The van der Waals surface area contributed by atoms with Crippen LogP contribution in [0, 0.1) is 5.82 Å². The summed E-state index contributed by atoms with van der Waals surface area (Å²) < 4.78 is 36.5. The van der Waals surface area contributed by atoms with E-state index in [1.54, 1.807) is 12.1 Å². The van der Waals surface area contributed by atoms with Crippen LogP contribution in [0.5, 0.6) is 0 Å². The SMILES string of the molecule is CN(C)CCN(C(=S)Nc1ccc(F)cc1)[C@H]1CCS(=O)(=O)C1. The second-order valence-electron chi connectivity index (χ2n) is 5.99. The molecule has 1 aliphatic heterocycles. The van der Waals surface area contributed by atoms with Crippen LogP contribution in [0.3, 0.4) is 0 Å². The van der Waals surface area contributed by atoms with Gasteiger partial charge in [0, 0.05) is 24.8 Å². The predicted molar refractivity (Wildman–Crippen MR) is 94.9 cm³/mol. The van der Waals surface area contributed by atoms with Crippen molar-refractivity contribution in [2.45, 2.75) is 12.5 Å². The fourth-order valence-corrected chi connectivity index (χ4v) is 4.60. The maximum atomic E-state index is 13.0. The third-order valence-corrected chi connectivity index (χ3v) is 5.88. The minimum absolute atomic E-state index is 0.111. The van der Waals surface area contributed by atoms with Gasteiger partial charge >= 0.3 is 0 Å². The van der Waals surface area contributed by atoms with Gasteiger partial charge in [0.1, 0.15) is 5.82 Å². The monoisotopic (exact) mass is 359 g/mol. The molecule has 1 N–H and O–H groups in total. The van der Waals surface area contributed by atoms with Crippen molar-refractivity contribution in [3.63, 3.8) is 0 Å². The van der Waals surface area contributed by atoms with E-state index in [1.165, 1.54) is 12.1 Å². The van der Waals surface area contributed by atoms with Gasteiger partial charge in [0.05, 0.1) is 11.5 Å². The highest BCUT2D eigenvalue weighted by atomic mass is 32.2. The summed E-state index contributed by atoms with van der Waals surface area (Å²) >= 11 is 5.46. The van der Waals surface area contributed by atoms with Crippen molar-refractivity contribution in [3.05, 3.63) is 30.1 Å². The minimum atomic E-state index is -2.98. The Balaban J connectivity index is 2.09. The molecule has 1 atom stereocenters. The molecule has 0 amide bonds. The molecular formula is C15H22FN3O2S2. The predicted octanol–water partition coefficient (Wildman–Crippen LogP) is 1.57. The molecule has 0 aliphatic carbocycles. The van der Waals surface area contributed by atoms with Gasteiger partial charge in [-0.3, -0.25) is 0 Å². The van der Waals surface area contributed by atoms with Gasteiger partial charge in [-0.05, 0) is 57.0 Å². The summed E-state index contributed by atoms with van der Waals surface area (Å²) in [6.07, 6.45) is 0.584. The smallest absolute Gasteiger partial charge is 0.173 e. The van der Waals surface area contributed by atoms with E-state index in [0.717, 1.165) is 6.54 Å². The average molecular weight is 359 g/mol. The van der Waals surface area contributed by atoms with Crippen molar-refractivity contribution in [3.8, 4) is 0 Å². The third-order valence-electron chi connectivity index (χ3n) is 3.79. The third kappa shape index (κ3) is 5.40. The summed E-state index contributed by atoms with van der Waals surface area (Å²) in [4.78, 5) is 3.96. The van der Waals surface area contributed by atoms with Crippen molar-refractivity contribution in [2.75, 3.05) is 44.0 Å². The van der Waals surface area contributed by atoms with Crippen LogP contribution in [0.4, 0.5) is 10.1 Å². The average Bonchev–Trinajstić information content (AvgIpc) is 2.81. The molecule has 1 aromatic carbocycles. The maximum Gasteiger partial charge on any atom is 0.173 e. The molecule has 0 radical (unpaired) electrons. The molecule has 0 saturated carbocycles. The first-order chi connectivity index (χ1) is 10.8. The first-order valence-electron chi connectivity index (χ1n) is 7.45. The van der Waals surface area contributed by atoms with Gasteiger partial charge in [-0.2, -0.15) is 0 Å². The lowest BCUT2D eigenvalue weighted by molar-refractivity contribution is 0.289. The van der Waals surface area contributed by atoms with Crippen molar-refractivity contribution in [1.82, 2.24) is 9.80 Å². The zero-order valence-corrected chi connectivity index (χ0v) is 15.0. The largest absolute Gasteiger partial charge is 0.344 e. The number of thiocarbonyl (C=S) groups is 1. The van der Waals surface area contributed by atoms with E-state index in [0.29, 0.717) is 23.8 Å². The topological polar surface area (TPSA) is 52.6 Å². The van der Waals surface area contributed by atoms with Gasteiger partial charge in [-0.15, -0.1) is 0 Å². The number of nitrogens with one attached hydrogen (secondary N) is 1. The number of rotatable bonds is 5. The number of sulfone groups is 1. The van der Waals surface area contributed by atoms with Crippen molar-refractivity contribution < 1.29 is 12.8 Å². The summed E-state index contributed by atoms with van der Waals surface area (Å²) in [5, 5.41) is 3.55. The molecule has 2 rings (SSSR count). The number of nitrogens with zero attached hydrogens (tertiary/aromatic N) is 2. The Kier molecular flexibility index (Phi) is 5.94. The molecule has 0 spiro atoms. The fourth-order valence-electron chi connectivity index (χ4n) is 2.51. The summed E-state index contributed by atoms with van der Waals surface area (Å²) in [7, 11) is 0.933. The van der Waals surface area contributed by atoms with Gasteiger partial charge in [-0.1, -0.05) is 0 Å². The Hall–Kier alpha value is -1.25. The highest BCUT2D eigenvalue weighted by molar-refractivity contribution is 7.91. The quantitative estimate of drug-likeness (QED) is 0.806. The van der Waals surface area contributed by atoms with Crippen LogP contribution in [0.25, 0.3) is 0 Å². The first kappa shape index (κ1) is 18.1. The molecule has 1 saturated heterocycles. The summed E-state index contributed by atoms with van der Waals surface area (Å²) in [5.41, 5.74) is 0.687. The molecule has 1 aliphatic rings. The van der Waals surface area contributed by atoms with E-state index in [9.17, 15) is 12.8 Å². The number of anilines is 1.